The molecule has 0 saturated heterocycles. The molecule has 2 aliphatic rings. The lowest BCUT2D eigenvalue weighted by molar-refractivity contribution is 0.551. The summed E-state index contributed by atoms with van der Waals surface area (Å²) in [6, 6.07) is 34.2. The van der Waals surface area contributed by atoms with Crippen molar-refractivity contribution < 1.29 is 4.42 Å². The molecule has 0 aliphatic heterocycles. The summed E-state index contributed by atoms with van der Waals surface area (Å²) in [7, 11) is -4.29. The lowest BCUT2D eigenvalue weighted by Crippen LogP contribution is -2.65. The second-order valence-electron chi connectivity index (χ2n) is 12.3. The number of rotatable bonds is 6. The maximum absolute atomic E-state index is 6.24. The monoisotopic (exact) mass is 542 g/mol. The van der Waals surface area contributed by atoms with Gasteiger partial charge in [0.2, 0.25) is 0 Å². The molecule has 0 N–H and O–H groups in total. The molecule has 0 amide bonds. The van der Waals surface area contributed by atoms with Gasteiger partial charge in [0.05, 0.1) is 14.3 Å². The SMILES string of the molecule is CC1=CC(C)=C([Si](c2ccccc2)(c2ccccc2)C2C(c3ccco3)=Cc3c2cccc3[Si](C)(C)C)C1C. The fourth-order valence-corrected chi connectivity index (χ4v) is 15.3. The highest BCUT2D eigenvalue weighted by Crippen LogP contribution is 2.52. The van der Waals surface area contributed by atoms with Gasteiger partial charge in [-0.15, -0.1) is 0 Å². The van der Waals surface area contributed by atoms with Gasteiger partial charge < -0.3 is 4.42 Å². The van der Waals surface area contributed by atoms with Crippen LogP contribution in [0.5, 0.6) is 0 Å². The molecule has 1 aromatic heterocycles. The van der Waals surface area contributed by atoms with Crippen molar-refractivity contribution in [3.63, 3.8) is 0 Å². The Morgan fingerprint density at radius 2 is 1.33 bits per heavy atom. The van der Waals surface area contributed by atoms with E-state index >= 15 is 0 Å². The zero-order valence-electron chi connectivity index (χ0n) is 24.0. The molecule has 39 heavy (non-hydrogen) atoms. The molecule has 0 radical (unpaired) electrons. The minimum Gasteiger partial charge on any atom is -0.465 e. The van der Waals surface area contributed by atoms with Crippen LogP contribution in [0.15, 0.2) is 124 Å². The van der Waals surface area contributed by atoms with E-state index in [1.807, 2.05) is 12.3 Å². The summed E-state index contributed by atoms with van der Waals surface area (Å²) in [5.41, 5.74) is 7.34. The van der Waals surface area contributed by atoms with Crippen molar-refractivity contribution in [2.75, 3.05) is 0 Å². The third kappa shape index (κ3) is 4.02. The molecule has 2 atom stereocenters. The van der Waals surface area contributed by atoms with Crippen LogP contribution in [0.1, 0.15) is 43.2 Å². The van der Waals surface area contributed by atoms with Gasteiger partial charge in [0.25, 0.3) is 0 Å². The van der Waals surface area contributed by atoms with Crippen LogP contribution >= 0.6 is 0 Å². The van der Waals surface area contributed by atoms with Crippen molar-refractivity contribution in [2.45, 2.75) is 46.0 Å². The molecule has 6 rings (SSSR count). The zero-order chi connectivity index (χ0) is 27.4. The Balaban J connectivity index is 1.79. The average molecular weight is 543 g/mol. The predicted octanol–water partition coefficient (Wildman–Crippen LogP) is 7.72. The molecule has 0 spiro atoms. The summed E-state index contributed by atoms with van der Waals surface area (Å²) in [4.78, 5) is 0. The minimum atomic E-state index is -2.69. The molecule has 0 saturated carbocycles. The third-order valence-corrected chi connectivity index (χ3v) is 16.7. The normalized spacial score (nSPS) is 19.2. The Morgan fingerprint density at radius 3 is 1.85 bits per heavy atom. The van der Waals surface area contributed by atoms with Crippen molar-refractivity contribution in [1.29, 1.82) is 0 Å². The van der Waals surface area contributed by atoms with E-state index in [0.29, 0.717) is 5.92 Å². The van der Waals surface area contributed by atoms with Crippen molar-refractivity contribution in [1.82, 2.24) is 0 Å². The Hall–Kier alpha value is -3.41. The number of allylic oxidation sites excluding steroid dienone is 5. The minimum absolute atomic E-state index is 0.200. The highest BCUT2D eigenvalue weighted by atomic mass is 28.3. The van der Waals surface area contributed by atoms with E-state index in [1.54, 1.807) is 5.20 Å². The summed E-state index contributed by atoms with van der Waals surface area (Å²) in [5, 5.41) is 6.10. The maximum atomic E-state index is 6.24. The van der Waals surface area contributed by atoms with E-state index in [0.717, 1.165) is 5.76 Å². The molecular formula is C36H38OSi2. The Morgan fingerprint density at radius 1 is 0.692 bits per heavy atom. The first-order chi connectivity index (χ1) is 18.7. The Bertz CT molecular complexity index is 1560. The molecule has 2 aliphatic carbocycles. The number of fused-ring (bicyclic) bond motifs is 1. The standard InChI is InChI=1S/C36H38OSi2/c1-25-23-26(2)35(27(25)3)39(28-15-9-7-10-16-28,29-17-11-8-12-18-29)36-30-19-13-21-34(38(4,5)6)31(30)24-32(36)33-20-14-22-37-33/h7-24,27,36H,1-6H3. The van der Waals surface area contributed by atoms with Crippen LogP contribution in [-0.2, 0) is 0 Å². The lowest BCUT2D eigenvalue weighted by Gasteiger charge is -2.44. The van der Waals surface area contributed by atoms with Crippen LogP contribution in [0.4, 0.5) is 0 Å². The van der Waals surface area contributed by atoms with Gasteiger partial charge in [0, 0.05) is 11.1 Å². The van der Waals surface area contributed by atoms with Gasteiger partial charge in [-0.05, 0) is 59.5 Å². The van der Waals surface area contributed by atoms with Crippen molar-refractivity contribution in [3.05, 3.63) is 137 Å². The van der Waals surface area contributed by atoms with Gasteiger partial charge in [-0.3, -0.25) is 0 Å². The van der Waals surface area contributed by atoms with Gasteiger partial charge in [0.1, 0.15) is 5.76 Å². The molecule has 4 aromatic rings. The Labute approximate surface area is 235 Å². The second kappa shape index (κ2) is 9.65. The van der Waals surface area contributed by atoms with Crippen LogP contribution in [0.25, 0.3) is 11.6 Å². The van der Waals surface area contributed by atoms with E-state index in [1.165, 1.54) is 43.4 Å². The van der Waals surface area contributed by atoms with Crippen molar-refractivity contribution >= 4 is 43.4 Å². The smallest absolute Gasteiger partial charge is 0.156 e. The van der Waals surface area contributed by atoms with Crippen LogP contribution in [-0.4, -0.2) is 16.1 Å². The first-order valence-corrected chi connectivity index (χ1v) is 19.7. The van der Waals surface area contributed by atoms with Crippen molar-refractivity contribution in [3.8, 4) is 0 Å². The highest BCUT2D eigenvalue weighted by molar-refractivity contribution is 7.09. The zero-order valence-corrected chi connectivity index (χ0v) is 26.0. The van der Waals surface area contributed by atoms with E-state index in [4.69, 9.17) is 4.42 Å². The molecule has 1 heterocycles. The van der Waals surface area contributed by atoms with E-state index in [9.17, 15) is 0 Å². The fourth-order valence-electron chi connectivity index (χ4n) is 7.31. The van der Waals surface area contributed by atoms with E-state index in [2.05, 4.69) is 137 Å². The van der Waals surface area contributed by atoms with Crippen molar-refractivity contribution in [2.24, 2.45) is 5.92 Å². The Kier molecular flexibility index (Phi) is 6.40. The van der Waals surface area contributed by atoms with Gasteiger partial charge in [-0.1, -0.05) is 133 Å². The first-order valence-electron chi connectivity index (χ1n) is 14.1. The topological polar surface area (TPSA) is 13.1 Å². The van der Waals surface area contributed by atoms with Gasteiger partial charge in [-0.25, -0.2) is 0 Å². The summed E-state index contributed by atoms with van der Waals surface area (Å²) >= 11 is 0. The number of hydrogen-bond acceptors (Lipinski definition) is 1. The van der Waals surface area contributed by atoms with Crippen LogP contribution in [0, 0.1) is 5.92 Å². The van der Waals surface area contributed by atoms with Crippen LogP contribution < -0.4 is 15.6 Å². The number of benzene rings is 3. The highest BCUT2D eigenvalue weighted by Gasteiger charge is 2.55. The predicted molar refractivity (Wildman–Crippen MR) is 172 cm³/mol. The van der Waals surface area contributed by atoms with E-state index < -0.39 is 16.1 Å². The first kappa shape index (κ1) is 25.8. The summed E-state index contributed by atoms with van der Waals surface area (Å²) < 4.78 is 6.24. The molecule has 0 bridgehead atoms. The second-order valence-corrected chi connectivity index (χ2v) is 21.2. The summed E-state index contributed by atoms with van der Waals surface area (Å²) in [6.45, 7) is 14.5. The van der Waals surface area contributed by atoms with E-state index in [-0.39, 0.29) is 5.54 Å². The molecule has 196 valence electrons. The summed E-state index contributed by atoms with van der Waals surface area (Å²) in [6.07, 6.45) is 6.77. The molecule has 1 nitrogen and oxygen atoms in total. The molecule has 2 unspecified atom stereocenters. The molecule has 0 fully saturated rings. The third-order valence-electron chi connectivity index (χ3n) is 8.98. The number of furan rings is 1. The molecule has 3 heteroatoms. The molecular weight excluding hydrogens is 505 g/mol. The summed E-state index contributed by atoms with van der Waals surface area (Å²) in [5.74, 6) is 1.38. The van der Waals surface area contributed by atoms with Gasteiger partial charge >= 0.3 is 0 Å². The van der Waals surface area contributed by atoms with Crippen LogP contribution in [0.3, 0.4) is 0 Å². The van der Waals surface area contributed by atoms with Gasteiger partial charge in [-0.2, -0.15) is 0 Å². The maximum Gasteiger partial charge on any atom is 0.156 e. The largest absolute Gasteiger partial charge is 0.465 e. The van der Waals surface area contributed by atoms with Gasteiger partial charge in [0.15, 0.2) is 8.07 Å². The fraction of sp³-hybridized carbons (Fsp3) is 0.222. The molecule has 3 aromatic carbocycles. The van der Waals surface area contributed by atoms with Crippen LogP contribution in [0.2, 0.25) is 19.6 Å². The lowest BCUT2D eigenvalue weighted by atomic mass is 10.1. The average Bonchev–Trinajstić information content (AvgIpc) is 3.65. The number of hydrogen-bond donors (Lipinski definition) is 0. The quantitative estimate of drug-likeness (QED) is 0.227.